The molecule has 0 heterocycles. The lowest BCUT2D eigenvalue weighted by Gasteiger charge is -2.24. The van der Waals surface area contributed by atoms with Crippen LogP contribution in [0.3, 0.4) is 0 Å². The quantitative estimate of drug-likeness (QED) is 0.355. The van der Waals surface area contributed by atoms with Gasteiger partial charge >= 0.3 is 0 Å². The van der Waals surface area contributed by atoms with E-state index in [0.717, 1.165) is 0 Å². The summed E-state index contributed by atoms with van der Waals surface area (Å²) in [6.45, 7) is 3.26. The molecule has 5 heteroatoms. The third-order valence-corrected chi connectivity index (χ3v) is 2.65. The molecule has 1 rings (SSSR count). The lowest BCUT2D eigenvalue weighted by atomic mass is 9.83. The highest BCUT2D eigenvalue weighted by atomic mass is 35.5. The van der Waals surface area contributed by atoms with Crippen LogP contribution in [-0.2, 0) is 5.41 Å². The van der Waals surface area contributed by atoms with Crippen LogP contribution in [0.4, 0.5) is 4.39 Å². The van der Waals surface area contributed by atoms with Gasteiger partial charge in [-0.1, -0.05) is 22.8 Å². The molecule has 0 aliphatic heterocycles. The molecular formula is C10H12ClFN2O. The molecule has 1 aromatic carbocycles. The molecule has 0 saturated heterocycles. The molecule has 0 spiro atoms. The SMILES string of the molecule is CC(C)(/C(N)=N/O)c1c(F)cccc1Cl. The first-order valence-corrected chi connectivity index (χ1v) is 4.71. The van der Waals surface area contributed by atoms with E-state index in [1.54, 1.807) is 19.9 Å². The number of nitrogens with two attached hydrogens (primary N) is 1. The average molecular weight is 231 g/mol. The number of benzene rings is 1. The van der Waals surface area contributed by atoms with Gasteiger partial charge in [-0.3, -0.25) is 0 Å². The minimum Gasteiger partial charge on any atom is -0.409 e. The third kappa shape index (κ3) is 2.04. The summed E-state index contributed by atoms with van der Waals surface area (Å²) in [6.07, 6.45) is 0. The Labute approximate surface area is 92.3 Å². The van der Waals surface area contributed by atoms with Crippen molar-refractivity contribution in [1.29, 1.82) is 0 Å². The van der Waals surface area contributed by atoms with Crippen LogP contribution in [0.15, 0.2) is 23.4 Å². The summed E-state index contributed by atoms with van der Waals surface area (Å²) < 4.78 is 13.6. The van der Waals surface area contributed by atoms with Gasteiger partial charge in [0, 0.05) is 10.6 Å². The topological polar surface area (TPSA) is 58.6 Å². The summed E-state index contributed by atoms with van der Waals surface area (Å²) in [5.41, 5.74) is 4.77. The van der Waals surface area contributed by atoms with Crippen molar-refractivity contribution in [2.45, 2.75) is 19.3 Å². The van der Waals surface area contributed by atoms with Gasteiger partial charge in [-0.2, -0.15) is 0 Å². The van der Waals surface area contributed by atoms with Crippen LogP contribution in [0, 0.1) is 5.82 Å². The lowest BCUT2D eigenvalue weighted by Crippen LogP contribution is -2.37. The van der Waals surface area contributed by atoms with E-state index in [2.05, 4.69) is 5.16 Å². The minimum atomic E-state index is -0.947. The second-order valence-electron chi connectivity index (χ2n) is 3.71. The molecule has 0 atom stereocenters. The van der Waals surface area contributed by atoms with Crippen LogP contribution in [0.1, 0.15) is 19.4 Å². The first-order valence-electron chi connectivity index (χ1n) is 4.33. The number of hydrogen-bond donors (Lipinski definition) is 2. The summed E-state index contributed by atoms with van der Waals surface area (Å²) in [6, 6.07) is 4.35. The molecule has 3 N–H and O–H groups in total. The first-order chi connectivity index (χ1) is 6.91. The lowest BCUT2D eigenvalue weighted by molar-refractivity contribution is 0.313. The van der Waals surface area contributed by atoms with E-state index in [-0.39, 0.29) is 16.4 Å². The molecule has 1 aromatic rings. The predicted molar refractivity (Wildman–Crippen MR) is 57.8 cm³/mol. The summed E-state index contributed by atoms with van der Waals surface area (Å²) in [4.78, 5) is 0. The number of oxime groups is 1. The van der Waals surface area contributed by atoms with Gasteiger partial charge in [-0.05, 0) is 26.0 Å². The number of nitrogens with zero attached hydrogens (tertiary/aromatic N) is 1. The van der Waals surface area contributed by atoms with Crippen LogP contribution >= 0.6 is 11.6 Å². The molecule has 15 heavy (non-hydrogen) atoms. The van der Waals surface area contributed by atoms with Gasteiger partial charge in [0.2, 0.25) is 0 Å². The van der Waals surface area contributed by atoms with E-state index in [1.807, 2.05) is 0 Å². The third-order valence-electron chi connectivity index (χ3n) is 2.34. The van der Waals surface area contributed by atoms with E-state index >= 15 is 0 Å². The zero-order chi connectivity index (χ0) is 11.6. The van der Waals surface area contributed by atoms with Crippen molar-refractivity contribution in [3.63, 3.8) is 0 Å². The Morgan fingerprint density at radius 2 is 2.13 bits per heavy atom. The van der Waals surface area contributed by atoms with E-state index in [9.17, 15) is 4.39 Å². The van der Waals surface area contributed by atoms with Crippen LogP contribution in [0.25, 0.3) is 0 Å². The van der Waals surface area contributed by atoms with Crippen molar-refractivity contribution in [2.75, 3.05) is 0 Å². The maximum Gasteiger partial charge on any atom is 0.149 e. The maximum atomic E-state index is 13.6. The fourth-order valence-corrected chi connectivity index (χ4v) is 1.75. The zero-order valence-electron chi connectivity index (χ0n) is 8.46. The number of halogens is 2. The Kier molecular flexibility index (Phi) is 3.19. The Balaban J connectivity index is 3.39. The van der Waals surface area contributed by atoms with E-state index in [4.69, 9.17) is 22.5 Å². The fraction of sp³-hybridized carbons (Fsp3) is 0.300. The fourth-order valence-electron chi connectivity index (χ4n) is 1.35. The van der Waals surface area contributed by atoms with Gasteiger partial charge in [0.05, 0.1) is 5.41 Å². The molecule has 0 saturated carbocycles. The second kappa shape index (κ2) is 4.06. The molecule has 0 unspecified atom stereocenters. The normalized spacial score (nSPS) is 12.9. The van der Waals surface area contributed by atoms with Gasteiger partial charge in [-0.25, -0.2) is 4.39 Å². The molecule has 3 nitrogen and oxygen atoms in total. The van der Waals surface area contributed by atoms with E-state index < -0.39 is 11.2 Å². The molecule has 0 amide bonds. The van der Waals surface area contributed by atoms with Gasteiger partial charge in [0.1, 0.15) is 11.7 Å². The van der Waals surface area contributed by atoms with Crippen molar-refractivity contribution in [3.8, 4) is 0 Å². The molecule has 82 valence electrons. The van der Waals surface area contributed by atoms with E-state index in [0.29, 0.717) is 0 Å². The van der Waals surface area contributed by atoms with Crippen molar-refractivity contribution in [2.24, 2.45) is 10.9 Å². The molecular weight excluding hydrogens is 219 g/mol. The number of rotatable bonds is 2. The second-order valence-corrected chi connectivity index (χ2v) is 4.11. The molecule has 0 radical (unpaired) electrons. The Hall–Kier alpha value is -1.29. The van der Waals surface area contributed by atoms with Crippen molar-refractivity contribution >= 4 is 17.4 Å². The first kappa shape index (κ1) is 11.8. The summed E-state index contributed by atoms with van der Waals surface area (Å²) >= 11 is 5.88. The van der Waals surface area contributed by atoms with Crippen molar-refractivity contribution < 1.29 is 9.60 Å². The Bertz CT molecular complexity index is 384. The Morgan fingerprint density at radius 3 is 2.60 bits per heavy atom. The van der Waals surface area contributed by atoms with Crippen molar-refractivity contribution in [1.82, 2.24) is 0 Å². The van der Waals surface area contributed by atoms with Gasteiger partial charge in [-0.15, -0.1) is 0 Å². The highest BCUT2D eigenvalue weighted by Crippen LogP contribution is 2.32. The molecule has 0 aromatic heterocycles. The Morgan fingerprint density at radius 1 is 1.53 bits per heavy atom. The van der Waals surface area contributed by atoms with Gasteiger partial charge in [0.15, 0.2) is 0 Å². The number of amidine groups is 1. The predicted octanol–water partition coefficient (Wildman–Crippen LogP) is 2.50. The number of hydrogen-bond acceptors (Lipinski definition) is 2. The average Bonchev–Trinajstić information content (AvgIpc) is 2.15. The molecule has 0 aliphatic carbocycles. The van der Waals surface area contributed by atoms with Crippen LogP contribution in [0.2, 0.25) is 5.02 Å². The highest BCUT2D eigenvalue weighted by molar-refractivity contribution is 6.31. The minimum absolute atomic E-state index is 0.0884. The monoisotopic (exact) mass is 230 g/mol. The smallest absolute Gasteiger partial charge is 0.149 e. The molecule has 0 bridgehead atoms. The summed E-state index contributed by atoms with van der Waals surface area (Å²) in [5.74, 6) is -0.561. The maximum absolute atomic E-state index is 13.6. The molecule has 0 fully saturated rings. The standard InChI is InChI=1S/C10H12ClFN2O/c1-10(2,9(13)14-15)8-6(11)4-3-5-7(8)12/h3-5,15H,1-2H3,(H2,13,14). The summed E-state index contributed by atoms with van der Waals surface area (Å²) in [5, 5.41) is 11.8. The largest absolute Gasteiger partial charge is 0.409 e. The zero-order valence-corrected chi connectivity index (χ0v) is 9.22. The highest BCUT2D eigenvalue weighted by Gasteiger charge is 2.31. The molecule has 0 aliphatic rings. The summed E-state index contributed by atoms with van der Waals surface area (Å²) in [7, 11) is 0. The van der Waals surface area contributed by atoms with Crippen LogP contribution in [0.5, 0.6) is 0 Å². The van der Waals surface area contributed by atoms with Gasteiger partial charge < -0.3 is 10.9 Å². The van der Waals surface area contributed by atoms with Crippen molar-refractivity contribution in [3.05, 3.63) is 34.6 Å². The van der Waals surface area contributed by atoms with E-state index in [1.165, 1.54) is 12.1 Å². The van der Waals surface area contributed by atoms with Gasteiger partial charge in [0.25, 0.3) is 0 Å². The van der Waals surface area contributed by atoms with Crippen LogP contribution in [-0.4, -0.2) is 11.0 Å². The van der Waals surface area contributed by atoms with Crippen LogP contribution < -0.4 is 5.73 Å².